The van der Waals surface area contributed by atoms with Gasteiger partial charge in [-0.1, -0.05) is 23.9 Å². The van der Waals surface area contributed by atoms with Gasteiger partial charge in [-0.25, -0.2) is 9.38 Å². The molecule has 1 fully saturated rings. The Labute approximate surface area is 168 Å². The Morgan fingerprint density at radius 3 is 2.20 bits per heavy atom. The molecular formula is C18H21FIN3OS. The maximum absolute atomic E-state index is 12.9. The van der Waals surface area contributed by atoms with Gasteiger partial charge < -0.3 is 15.4 Å². The summed E-state index contributed by atoms with van der Waals surface area (Å²) in [6, 6.07) is 14.7. The summed E-state index contributed by atoms with van der Waals surface area (Å²) in [6.07, 6.45) is 0. The van der Waals surface area contributed by atoms with Crippen LogP contribution in [-0.2, 0) is 11.3 Å². The molecule has 2 N–H and O–H groups in total. The lowest BCUT2D eigenvalue weighted by atomic mass is 10.2. The van der Waals surface area contributed by atoms with E-state index in [1.165, 1.54) is 12.1 Å². The van der Waals surface area contributed by atoms with Gasteiger partial charge in [-0.2, -0.15) is 0 Å². The third kappa shape index (κ3) is 6.16. The van der Waals surface area contributed by atoms with Gasteiger partial charge in [0.15, 0.2) is 5.96 Å². The number of hydrogen-bond donors (Lipinski definition) is 1. The molecule has 0 radical (unpaired) electrons. The van der Waals surface area contributed by atoms with Crippen LogP contribution < -0.4 is 5.73 Å². The number of guanidine groups is 1. The fourth-order valence-corrected chi connectivity index (χ4v) is 3.18. The minimum atomic E-state index is -0.217. The van der Waals surface area contributed by atoms with Gasteiger partial charge in [0.1, 0.15) is 5.82 Å². The largest absolute Gasteiger partial charge is 0.378 e. The molecule has 0 aliphatic carbocycles. The van der Waals surface area contributed by atoms with Gasteiger partial charge in [0, 0.05) is 22.9 Å². The zero-order chi connectivity index (χ0) is 16.8. The van der Waals surface area contributed by atoms with Crippen LogP contribution in [0.5, 0.6) is 0 Å². The van der Waals surface area contributed by atoms with Crippen LogP contribution in [0, 0.1) is 5.82 Å². The molecule has 4 nitrogen and oxygen atoms in total. The zero-order valence-electron chi connectivity index (χ0n) is 13.7. The number of ether oxygens (including phenoxy) is 1. The molecule has 3 rings (SSSR count). The van der Waals surface area contributed by atoms with Crippen molar-refractivity contribution < 1.29 is 9.13 Å². The third-order valence-corrected chi connectivity index (χ3v) is 4.75. The molecule has 134 valence electrons. The van der Waals surface area contributed by atoms with E-state index in [1.807, 2.05) is 29.2 Å². The summed E-state index contributed by atoms with van der Waals surface area (Å²) in [5.74, 6) is 0.355. The molecule has 2 aromatic rings. The number of aliphatic imine (C=N–C) groups is 1. The van der Waals surface area contributed by atoms with Crippen LogP contribution in [0.4, 0.5) is 4.39 Å². The Bertz CT molecular complexity index is 688. The van der Waals surface area contributed by atoms with Gasteiger partial charge in [0.25, 0.3) is 0 Å². The highest BCUT2D eigenvalue weighted by atomic mass is 127. The molecule has 7 heteroatoms. The summed E-state index contributed by atoms with van der Waals surface area (Å²) in [6.45, 7) is 3.55. The van der Waals surface area contributed by atoms with Crippen LogP contribution in [0.1, 0.15) is 5.56 Å². The van der Waals surface area contributed by atoms with Crippen molar-refractivity contribution in [3.8, 4) is 0 Å². The molecule has 1 aliphatic rings. The van der Waals surface area contributed by atoms with Crippen LogP contribution in [0.2, 0.25) is 0 Å². The summed E-state index contributed by atoms with van der Waals surface area (Å²) in [5.41, 5.74) is 7.13. The van der Waals surface area contributed by atoms with E-state index in [4.69, 9.17) is 10.5 Å². The molecule has 2 aromatic carbocycles. The fraction of sp³-hybridized carbons (Fsp3) is 0.278. The highest BCUT2D eigenvalue weighted by Crippen LogP contribution is 2.27. The molecule has 0 spiro atoms. The zero-order valence-corrected chi connectivity index (χ0v) is 16.9. The van der Waals surface area contributed by atoms with Crippen molar-refractivity contribution in [1.82, 2.24) is 4.90 Å². The summed E-state index contributed by atoms with van der Waals surface area (Å²) >= 11 is 1.60. The SMILES string of the molecule is I.NC(=NCc1ccc(Sc2ccc(F)cc2)cc1)N1CCOCC1. The van der Waals surface area contributed by atoms with E-state index in [9.17, 15) is 4.39 Å². The molecule has 0 amide bonds. The highest BCUT2D eigenvalue weighted by molar-refractivity contribution is 14.0. The van der Waals surface area contributed by atoms with E-state index in [2.05, 4.69) is 4.99 Å². The number of benzene rings is 2. The third-order valence-electron chi connectivity index (χ3n) is 3.73. The van der Waals surface area contributed by atoms with Crippen molar-refractivity contribution in [3.05, 3.63) is 59.9 Å². The summed E-state index contributed by atoms with van der Waals surface area (Å²) in [4.78, 5) is 8.62. The van der Waals surface area contributed by atoms with Crippen molar-refractivity contribution in [2.24, 2.45) is 10.7 Å². The average molecular weight is 473 g/mol. The highest BCUT2D eigenvalue weighted by Gasteiger charge is 2.11. The van der Waals surface area contributed by atoms with Gasteiger partial charge in [-0.3, -0.25) is 0 Å². The molecule has 1 heterocycles. The molecule has 25 heavy (non-hydrogen) atoms. The first-order valence-corrected chi connectivity index (χ1v) is 8.67. The predicted molar refractivity (Wildman–Crippen MR) is 110 cm³/mol. The number of nitrogens with zero attached hydrogens (tertiary/aromatic N) is 2. The van der Waals surface area contributed by atoms with E-state index in [1.54, 1.807) is 23.9 Å². The number of morpholine rings is 1. The minimum Gasteiger partial charge on any atom is -0.378 e. The van der Waals surface area contributed by atoms with Crippen molar-refractivity contribution in [3.63, 3.8) is 0 Å². The lowest BCUT2D eigenvalue weighted by molar-refractivity contribution is 0.0674. The Hall–Kier alpha value is -1.32. The lowest BCUT2D eigenvalue weighted by Crippen LogP contribution is -2.44. The van der Waals surface area contributed by atoms with Crippen LogP contribution in [0.15, 0.2) is 63.3 Å². The summed E-state index contributed by atoms with van der Waals surface area (Å²) < 4.78 is 18.2. The Morgan fingerprint density at radius 1 is 1.04 bits per heavy atom. The molecule has 0 atom stereocenters. The second-order valence-corrected chi connectivity index (χ2v) is 6.62. The number of halogens is 2. The second-order valence-electron chi connectivity index (χ2n) is 5.47. The quantitative estimate of drug-likeness (QED) is 0.418. The molecule has 1 saturated heterocycles. The normalized spacial score (nSPS) is 14.9. The maximum Gasteiger partial charge on any atom is 0.191 e. The van der Waals surface area contributed by atoms with Gasteiger partial charge in [0.05, 0.1) is 19.8 Å². The number of hydrogen-bond acceptors (Lipinski definition) is 3. The van der Waals surface area contributed by atoms with Gasteiger partial charge in [-0.05, 0) is 42.0 Å². The fourth-order valence-electron chi connectivity index (χ4n) is 2.37. The first kappa shape index (κ1) is 20.0. The Kier molecular flexibility index (Phi) is 7.98. The van der Waals surface area contributed by atoms with Crippen LogP contribution in [0.3, 0.4) is 0 Å². The maximum atomic E-state index is 12.9. The minimum absolute atomic E-state index is 0. The van der Waals surface area contributed by atoms with Crippen molar-refractivity contribution in [2.45, 2.75) is 16.3 Å². The van der Waals surface area contributed by atoms with Crippen LogP contribution >= 0.6 is 35.7 Å². The number of rotatable bonds is 4. The summed E-state index contributed by atoms with van der Waals surface area (Å²) in [7, 11) is 0. The average Bonchev–Trinajstić information content (AvgIpc) is 2.63. The van der Waals surface area contributed by atoms with Gasteiger partial charge >= 0.3 is 0 Å². The smallest absolute Gasteiger partial charge is 0.191 e. The van der Waals surface area contributed by atoms with E-state index in [0.717, 1.165) is 28.4 Å². The molecule has 1 aliphatic heterocycles. The van der Waals surface area contributed by atoms with Crippen LogP contribution in [-0.4, -0.2) is 37.2 Å². The monoisotopic (exact) mass is 473 g/mol. The first-order valence-electron chi connectivity index (χ1n) is 7.86. The first-order chi connectivity index (χ1) is 11.7. The van der Waals surface area contributed by atoms with Crippen molar-refractivity contribution in [1.29, 1.82) is 0 Å². The predicted octanol–water partition coefficient (Wildman–Crippen LogP) is 3.74. The standard InChI is InChI=1S/C18H20FN3OS.HI/c19-15-3-7-17(8-4-15)24-16-5-1-14(2-6-16)13-21-18(20)22-9-11-23-12-10-22;/h1-8H,9-13H2,(H2,20,21);1H. The molecule has 0 bridgehead atoms. The van der Waals surface area contributed by atoms with Crippen molar-refractivity contribution in [2.75, 3.05) is 26.3 Å². The van der Waals surface area contributed by atoms with Gasteiger partial charge in [-0.15, -0.1) is 24.0 Å². The molecular weight excluding hydrogens is 452 g/mol. The summed E-state index contributed by atoms with van der Waals surface area (Å²) in [5, 5.41) is 0. The topological polar surface area (TPSA) is 50.8 Å². The molecule has 0 aromatic heterocycles. The van der Waals surface area contributed by atoms with E-state index in [0.29, 0.717) is 25.7 Å². The molecule has 0 unspecified atom stereocenters. The number of nitrogens with two attached hydrogens (primary N) is 1. The van der Waals surface area contributed by atoms with Crippen LogP contribution in [0.25, 0.3) is 0 Å². The van der Waals surface area contributed by atoms with E-state index < -0.39 is 0 Å². The van der Waals surface area contributed by atoms with Gasteiger partial charge in [0.2, 0.25) is 0 Å². The Morgan fingerprint density at radius 2 is 1.60 bits per heavy atom. The lowest BCUT2D eigenvalue weighted by Gasteiger charge is -2.27. The van der Waals surface area contributed by atoms with Crippen molar-refractivity contribution >= 4 is 41.7 Å². The second kappa shape index (κ2) is 9.98. The van der Waals surface area contributed by atoms with E-state index in [-0.39, 0.29) is 29.8 Å². The Balaban J connectivity index is 0.00000225. The van der Waals surface area contributed by atoms with E-state index >= 15 is 0 Å². The molecule has 0 saturated carbocycles.